The Bertz CT molecular complexity index is 1370. The number of likely N-dealkylation sites (tertiary alicyclic amines) is 1. The Morgan fingerprint density at radius 1 is 1.09 bits per heavy atom. The van der Waals surface area contributed by atoms with Gasteiger partial charge in [0.15, 0.2) is 17.0 Å². The lowest BCUT2D eigenvalue weighted by Crippen LogP contribution is -2.54. The maximum atomic E-state index is 13.2. The number of amides is 1. The molecule has 35 heavy (non-hydrogen) atoms. The van der Waals surface area contributed by atoms with Gasteiger partial charge in [-0.2, -0.15) is 15.1 Å². The molecule has 180 valence electrons. The third-order valence-corrected chi connectivity index (χ3v) is 6.43. The standard InChI is InChI=1S/C24H26N8O3/c1-2-31-21-19(26-22(31)23(34)30-14-18(33)15-30)20(29-8-10-35-11-9-29)27-24(28-21)32-13-17(12-25-32)16-6-4-3-5-7-16/h3-7,12-13,18,33H,2,8-11,14-15H2,1H3. The first kappa shape index (κ1) is 21.7. The largest absolute Gasteiger partial charge is 0.389 e. The Balaban J connectivity index is 1.48. The van der Waals surface area contributed by atoms with Gasteiger partial charge in [-0.15, -0.1) is 0 Å². The van der Waals surface area contributed by atoms with Crippen molar-refractivity contribution >= 4 is 22.9 Å². The number of imidazole rings is 1. The number of morpholine rings is 1. The third-order valence-electron chi connectivity index (χ3n) is 6.43. The minimum absolute atomic E-state index is 0.213. The molecule has 1 amide bonds. The molecule has 1 aromatic carbocycles. The van der Waals surface area contributed by atoms with E-state index in [1.165, 1.54) is 0 Å². The SMILES string of the molecule is CCn1c(C(=O)N2CC(O)C2)nc2c(N3CCOCC3)nc(-n3cc(-c4ccccc4)cn3)nc21. The van der Waals surface area contributed by atoms with E-state index in [4.69, 9.17) is 19.7 Å². The second kappa shape index (κ2) is 8.75. The fourth-order valence-electron chi connectivity index (χ4n) is 4.51. The van der Waals surface area contributed by atoms with Crippen LogP contribution in [0.15, 0.2) is 42.7 Å². The Hall–Kier alpha value is -3.83. The lowest BCUT2D eigenvalue weighted by Gasteiger charge is -2.35. The number of carbonyl (C=O) groups excluding carboxylic acids is 1. The van der Waals surface area contributed by atoms with E-state index in [0.717, 1.165) is 11.1 Å². The molecule has 6 rings (SSSR count). The summed E-state index contributed by atoms with van der Waals surface area (Å²) in [6.45, 7) is 5.62. The number of fused-ring (bicyclic) bond motifs is 1. The Morgan fingerprint density at radius 3 is 2.57 bits per heavy atom. The Morgan fingerprint density at radius 2 is 1.86 bits per heavy atom. The van der Waals surface area contributed by atoms with Crippen molar-refractivity contribution in [3.05, 3.63) is 48.5 Å². The molecule has 0 radical (unpaired) electrons. The highest BCUT2D eigenvalue weighted by Crippen LogP contribution is 2.28. The van der Waals surface area contributed by atoms with Gasteiger partial charge in [0.05, 0.1) is 25.5 Å². The van der Waals surface area contributed by atoms with Crippen molar-refractivity contribution in [1.29, 1.82) is 0 Å². The molecule has 11 heteroatoms. The van der Waals surface area contributed by atoms with Crippen LogP contribution in [0.5, 0.6) is 0 Å². The van der Waals surface area contributed by atoms with E-state index in [9.17, 15) is 9.90 Å². The van der Waals surface area contributed by atoms with Gasteiger partial charge in [0.1, 0.15) is 0 Å². The number of aliphatic hydroxyl groups excluding tert-OH is 1. The number of aromatic nitrogens is 6. The van der Waals surface area contributed by atoms with E-state index in [0.29, 0.717) is 74.7 Å². The zero-order valence-electron chi connectivity index (χ0n) is 19.4. The molecule has 1 N–H and O–H groups in total. The summed E-state index contributed by atoms with van der Waals surface area (Å²) < 4.78 is 9.02. The van der Waals surface area contributed by atoms with Crippen LogP contribution in [-0.2, 0) is 11.3 Å². The van der Waals surface area contributed by atoms with E-state index in [1.54, 1.807) is 15.8 Å². The molecule has 0 saturated carbocycles. The van der Waals surface area contributed by atoms with Crippen LogP contribution in [0, 0.1) is 0 Å². The van der Waals surface area contributed by atoms with Crippen LogP contribution in [0.1, 0.15) is 17.5 Å². The number of β-amino-alcohol motifs (C(OH)–C–C–N with tert-alkyl or cyclic N) is 1. The van der Waals surface area contributed by atoms with Gasteiger partial charge < -0.3 is 24.2 Å². The molecule has 11 nitrogen and oxygen atoms in total. The summed E-state index contributed by atoms with van der Waals surface area (Å²) in [5.41, 5.74) is 3.17. The van der Waals surface area contributed by atoms with Gasteiger partial charge in [-0.05, 0) is 12.5 Å². The van der Waals surface area contributed by atoms with Crippen molar-refractivity contribution in [2.24, 2.45) is 0 Å². The van der Waals surface area contributed by atoms with E-state index in [1.807, 2.05) is 48.0 Å². The molecule has 0 unspecified atom stereocenters. The summed E-state index contributed by atoms with van der Waals surface area (Å²) in [5.74, 6) is 1.17. The first-order chi connectivity index (χ1) is 17.1. The molecule has 2 fully saturated rings. The summed E-state index contributed by atoms with van der Waals surface area (Å²) in [6, 6.07) is 10.0. The van der Waals surface area contributed by atoms with Gasteiger partial charge in [-0.3, -0.25) is 4.79 Å². The number of rotatable bonds is 5. The predicted molar refractivity (Wildman–Crippen MR) is 128 cm³/mol. The van der Waals surface area contributed by atoms with Crippen LogP contribution in [-0.4, -0.2) is 90.7 Å². The van der Waals surface area contributed by atoms with E-state index >= 15 is 0 Å². The topological polar surface area (TPSA) is 114 Å². The quantitative estimate of drug-likeness (QED) is 0.461. The van der Waals surface area contributed by atoms with Gasteiger partial charge in [0, 0.05) is 44.5 Å². The molecule has 4 aromatic rings. The predicted octanol–water partition coefficient (Wildman–Crippen LogP) is 1.35. The van der Waals surface area contributed by atoms with Crippen molar-refractivity contribution in [3.8, 4) is 17.1 Å². The zero-order chi connectivity index (χ0) is 23.9. The number of nitrogens with zero attached hydrogens (tertiary/aromatic N) is 8. The summed E-state index contributed by atoms with van der Waals surface area (Å²) >= 11 is 0. The molecule has 5 heterocycles. The number of hydrogen-bond acceptors (Lipinski definition) is 8. The molecule has 2 aliphatic rings. The van der Waals surface area contributed by atoms with Crippen LogP contribution >= 0.6 is 0 Å². The van der Waals surface area contributed by atoms with E-state index in [-0.39, 0.29) is 5.91 Å². The highest BCUT2D eigenvalue weighted by molar-refractivity contribution is 5.97. The second-order valence-electron chi connectivity index (χ2n) is 8.70. The average molecular weight is 475 g/mol. The third kappa shape index (κ3) is 3.82. The first-order valence-electron chi connectivity index (χ1n) is 11.8. The summed E-state index contributed by atoms with van der Waals surface area (Å²) in [7, 11) is 0. The molecule has 0 spiro atoms. The minimum atomic E-state index is -0.479. The fraction of sp³-hybridized carbons (Fsp3) is 0.375. The van der Waals surface area contributed by atoms with Crippen LogP contribution in [0.2, 0.25) is 0 Å². The van der Waals surface area contributed by atoms with Crippen molar-refractivity contribution < 1.29 is 14.6 Å². The van der Waals surface area contributed by atoms with Crippen LogP contribution in [0.25, 0.3) is 28.2 Å². The lowest BCUT2D eigenvalue weighted by atomic mass is 10.1. The number of carbonyl (C=O) groups is 1. The fourth-order valence-corrected chi connectivity index (χ4v) is 4.51. The monoisotopic (exact) mass is 474 g/mol. The Labute approximate surface area is 201 Å². The van der Waals surface area contributed by atoms with Gasteiger partial charge in [0.2, 0.25) is 5.82 Å². The molecular formula is C24H26N8O3. The lowest BCUT2D eigenvalue weighted by molar-refractivity contribution is 0.00482. The number of aliphatic hydroxyl groups is 1. The molecule has 2 saturated heterocycles. The highest BCUT2D eigenvalue weighted by atomic mass is 16.5. The van der Waals surface area contributed by atoms with Gasteiger partial charge >= 0.3 is 0 Å². The minimum Gasteiger partial charge on any atom is -0.389 e. The Kier molecular flexibility index (Phi) is 5.42. The van der Waals surface area contributed by atoms with Crippen LogP contribution in [0.4, 0.5) is 5.82 Å². The summed E-state index contributed by atoms with van der Waals surface area (Å²) in [4.78, 5) is 31.3. The molecule has 0 aliphatic carbocycles. The van der Waals surface area contributed by atoms with Crippen LogP contribution < -0.4 is 4.90 Å². The van der Waals surface area contributed by atoms with Crippen molar-refractivity contribution in [1.82, 2.24) is 34.2 Å². The van der Waals surface area contributed by atoms with Gasteiger partial charge in [0.25, 0.3) is 11.9 Å². The molecule has 0 atom stereocenters. The van der Waals surface area contributed by atoms with Crippen molar-refractivity contribution in [2.75, 3.05) is 44.3 Å². The molecule has 3 aromatic heterocycles. The highest BCUT2D eigenvalue weighted by Gasteiger charge is 2.34. The van der Waals surface area contributed by atoms with Gasteiger partial charge in [-0.1, -0.05) is 30.3 Å². The normalized spacial score (nSPS) is 16.6. The molecule has 0 bridgehead atoms. The van der Waals surface area contributed by atoms with Crippen LogP contribution in [0.3, 0.4) is 0 Å². The number of anilines is 1. The summed E-state index contributed by atoms with van der Waals surface area (Å²) in [6.07, 6.45) is 3.21. The number of aryl methyl sites for hydroxylation is 1. The number of hydrogen-bond donors (Lipinski definition) is 1. The maximum absolute atomic E-state index is 13.2. The summed E-state index contributed by atoms with van der Waals surface area (Å²) in [5, 5.41) is 14.2. The average Bonchev–Trinajstić information content (AvgIpc) is 3.52. The smallest absolute Gasteiger partial charge is 0.290 e. The van der Waals surface area contributed by atoms with E-state index in [2.05, 4.69) is 10.00 Å². The second-order valence-corrected chi connectivity index (χ2v) is 8.70. The number of benzene rings is 1. The maximum Gasteiger partial charge on any atom is 0.290 e. The van der Waals surface area contributed by atoms with Crippen molar-refractivity contribution in [3.63, 3.8) is 0 Å². The van der Waals surface area contributed by atoms with Gasteiger partial charge in [-0.25, -0.2) is 9.67 Å². The molecular weight excluding hydrogens is 448 g/mol. The number of ether oxygens (including phenoxy) is 1. The first-order valence-corrected chi connectivity index (χ1v) is 11.8. The zero-order valence-corrected chi connectivity index (χ0v) is 19.4. The van der Waals surface area contributed by atoms with E-state index < -0.39 is 6.10 Å². The molecule has 2 aliphatic heterocycles. The van der Waals surface area contributed by atoms with Crippen molar-refractivity contribution in [2.45, 2.75) is 19.6 Å².